The lowest BCUT2D eigenvalue weighted by Crippen LogP contribution is -2.47. The standard InChI is InChI=1S/C50H38N2OS/c1-2-12-35(13-3-1)51-41-18-8-11-32-23-24-33-29-34(30-44(51)48(33)47(32)41)31-25-27-36(28-26-31)52(42-19-9-16-39-37-14-4-6-21-45(37)53-49(39)42)43-20-10-17-40-38-15-5-7-22-46(38)54-50(40)43/h2,4-9,12-19,21-30,32,42,49H,1,3,10-11,20H2. The lowest BCUT2D eigenvalue weighted by atomic mass is 9.83. The summed E-state index contributed by atoms with van der Waals surface area (Å²) in [6.45, 7) is 0. The van der Waals surface area contributed by atoms with Crippen molar-refractivity contribution >= 4 is 73.2 Å². The summed E-state index contributed by atoms with van der Waals surface area (Å²) in [7, 11) is 0. The van der Waals surface area contributed by atoms with Crippen molar-refractivity contribution < 1.29 is 4.74 Å². The minimum absolute atomic E-state index is 0.00720. The number of allylic oxidation sites excluding steroid dienone is 8. The van der Waals surface area contributed by atoms with Gasteiger partial charge < -0.3 is 14.2 Å². The monoisotopic (exact) mass is 714 g/mol. The molecule has 3 heterocycles. The maximum atomic E-state index is 6.82. The minimum Gasteiger partial charge on any atom is -0.483 e. The SMILES string of the molecule is C1=CC(N(C2=c3sc4ccccc4c3=CCC2)c2ccc(-c3cc4c5c6c(n(C7=CCCC=C7)c5c3)C=CCC6C=C4)cc2)C2Oc3ccccc3C2=C1. The number of thiophene rings is 1. The van der Waals surface area contributed by atoms with Crippen LogP contribution in [0.4, 0.5) is 5.69 Å². The lowest BCUT2D eigenvalue weighted by Gasteiger charge is -2.38. The molecule has 2 aromatic heterocycles. The average molecular weight is 715 g/mol. The predicted octanol–water partition coefficient (Wildman–Crippen LogP) is 11.2. The van der Waals surface area contributed by atoms with E-state index >= 15 is 0 Å². The summed E-state index contributed by atoms with van der Waals surface area (Å²) in [4.78, 5) is 2.61. The van der Waals surface area contributed by atoms with E-state index < -0.39 is 0 Å². The van der Waals surface area contributed by atoms with E-state index in [1.54, 1.807) is 0 Å². The largest absolute Gasteiger partial charge is 0.483 e. The Bertz CT molecular complexity index is 2910. The second-order valence-electron chi connectivity index (χ2n) is 15.3. The average Bonchev–Trinajstić information content (AvgIpc) is 3.92. The normalized spacial score (nSPS) is 21.3. The topological polar surface area (TPSA) is 17.4 Å². The van der Waals surface area contributed by atoms with Crippen LogP contribution < -0.4 is 19.4 Å². The Hall–Kier alpha value is -5.84. The van der Waals surface area contributed by atoms with Crippen LogP contribution in [-0.4, -0.2) is 16.7 Å². The third-order valence-corrected chi connectivity index (χ3v) is 13.5. The Balaban J connectivity index is 1.01. The van der Waals surface area contributed by atoms with Gasteiger partial charge in [-0.15, -0.1) is 11.3 Å². The molecule has 3 nitrogen and oxygen atoms in total. The Labute approximate surface area is 318 Å². The van der Waals surface area contributed by atoms with Crippen LogP contribution in [0.3, 0.4) is 0 Å². The molecule has 54 heavy (non-hydrogen) atoms. The van der Waals surface area contributed by atoms with E-state index in [4.69, 9.17) is 4.74 Å². The summed E-state index contributed by atoms with van der Waals surface area (Å²) >= 11 is 1.93. The fourth-order valence-corrected chi connectivity index (χ4v) is 11.2. The van der Waals surface area contributed by atoms with Gasteiger partial charge in [-0.3, -0.25) is 0 Å². The van der Waals surface area contributed by atoms with Crippen molar-refractivity contribution in [1.29, 1.82) is 0 Å². The predicted molar refractivity (Wildman–Crippen MR) is 228 cm³/mol. The van der Waals surface area contributed by atoms with Crippen molar-refractivity contribution in [1.82, 2.24) is 4.57 Å². The molecule has 3 unspecified atom stereocenters. The number of fused-ring (bicyclic) bond motifs is 6. The number of rotatable bonds is 5. The van der Waals surface area contributed by atoms with E-state index in [9.17, 15) is 0 Å². The summed E-state index contributed by atoms with van der Waals surface area (Å²) in [6, 6.07) is 31.6. The van der Waals surface area contributed by atoms with Gasteiger partial charge in [-0.2, -0.15) is 0 Å². The van der Waals surface area contributed by atoms with E-state index in [0.29, 0.717) is 5.92 Å². The first-order chi connectivity index (χ1) is 26.8. The van der Waals surface area contributed by atoms with E-state index in [2.05, 4.69) is 161 Å². The molecule has 0 bridgehead atoms. The van der Waals surface area contributed by atoms with E-state index in [1.807, 2.05) is 11.3 Å². The van der Waals surface area contributed by atoms with Gasteiger partial charge in [0.1, 0.15) is 11.9 Å². The van der Waals surface area contributed by atoms with Crippen molar-refractivity contribution in [3.05, 3.63) is 166 Å². The third-order valence-electron chi connectivity index (χ3n) is 12.3. The van der Waals surface area contributed by atoms with Crippen molar-refractivity contribution in [2.24, 2.45) is 0 Å². The molecule has 0 radical (unpaired) electrons. The molecule has 0 N–H and O–H groups in total. The molecule has 4 heteroatoms. The highest BCUT2D eigenvalue weighted by molar-refractivity contribution is 7.17. The highest BCUT2D eigenvalue weighted by Gasteiger charge is 2.40. The maximum Gasteiger partial charge on any atom is 0.149 e. The van der Waals surface area contributed by atoms with Crippen molar-refractivity contribution in [2.45, 2.75) is 50.2 Å². The third kappa shape index (κ3) is 4.47. The number of nitrogens with zero attached hydrogens (tertiary/aromatic N) is 2. The molecule has 0 saturated heterocycles. The van der Waals surface area contributed by atoms with Crippen LogP contribution in [0.5, 0.6) is 5.75 Å². The highest BCUT2D eigenvalue weighted by Crippen LogP contribution is 2.48. The molecule has 0 amide bonds. The highest BCUT2D eigenvalue weighted by atomic mass is 32.1. The number of para-hydroxylation sites is 1. The summed E-state index contributed by atoms with van der Waals surface area (Å²) in [5.41, 5.74) is 14.3. The van der Waals surface area contributed by atoms with Crippen LogP contribution in [0.1, 0.15) is 60.4 Å². The molecule has 6 aromatic rings. The van der Waals surface area contributed by atoms with Gasteiger partial charge in [0.2, 0.25) is 0 Å². The number of hydrogen-bond donors (Lipinski definition) is 0. The molecule has 3 atom stereocenters. The zero-order valence-electron chi connectivity index (χ0n) is 29.9. The Morgan fingerprint density at radius 1 is 0.796 bits per heavy atom. The molecule has 6 aliphatic rings. The number of benzene rings is 4. The Morgan fingerprint density at radius 3 is 2.63 bits per heavy atom. The van der Waals surface area contributed by atoms with Crippen LogP contribution in [0.2, 0.25) is 0 Å². The fraction of sp³-hybridized carbons (Fsp3) is 0.160. The Morgan fingerprint density at radius 2 is 1.70 bits per heavy atom. The molecule has 5 aliphatic carbocycles. The Kier molecular flexibility index (Phi) is 6.71. The van der Waals surface area contributed by atoms with Gasteiger partial charge in [-0.05, 0) is 108 Å². The molecule has 4 aromatic carbocycles. The fourth-order valence-electron chi connectivity index (χ4n) is 9.91. The number of aromatic nitrogens is 1. The summed E-state index contributed by atoms with van der Waals surface area (Å²) in [5, 5.41) is 4.16. The quantitative estimate of drug-likeness (QED) is 0.177. The van der Waals surface area contributed by atoms with Gasteiger partial charge in [0.15, 0.2) is 0 Å². The van der Waals surface area contributed by atoms with E-state index in [0.717, 1.165) is 37.9 Å². The van der Waals surface area contributed by atoms with Crippen LogP contribution in [0.15, 0.2) is 134 Å². The second-order valence-corrected chi connectivity index (χ2v) is 16.3. The number of anilines is 1. The van der Waals surface area contributed by atoms with Crippen LogP contribution >= 0.6 is 11.3 Å². The molecule has 0 spiro atoms. The molecular formula is C50H38N2OS. The van der Waals surface area contributed by atoms with Gasteiger partial charge in [-0.1, -0.05) is 103 Å². The first kappa shape index (κ1) is 30.6. The van der Waals surface area contributed by atoms with Gasteiger partial charge >= 0.3 is 0 Å². The lowest BCUT2D eigenvalue weighted by molar-refractivity contribution is 0.258. The van der Waals surface area contributed by atoms with E-state index in [-0.39, 0.29) is 12.1 Å². The molecule has 260 valence electrons. The number of hydrogen-bond acceptors (Lipinski definition) is 3. The van der Waals surface area contributed by atoms with Gasteiger partial charge in [0.25, 0.3) is 0 Å². The van der Waals surface area contributed by atoms with Crippen LogP contribution in [0, 0.1) is 0 Å². The van der Waals surface area contributed by atoms with E-state index in [1.165, 1.54) is 86.9 Å². The van der Waals surface area contributed by atoms with Crippen molar-refractivity contribution in [2.75, 3.05) is 4.90 Å². The van der Waals surface area contributed by atoms with Gasteiger partial charge in [-0.25, -0.2) is 0 Å². The zero-order valence-corrected chi connectivity index (χ0v) is 30.7. The molecular weight excluding hydrogens is 677 g/mol. The molecule has 1 aliphatic heterocycles. The van der Waals surface area contributed by atoms with Crippen molar-refractivity contribution in [3.63, 3.8) is 0 Å². The van der Waals surface area contributed by atoms with Gasteiger partial charge in [0.05, 0.1) is 21.8 Å². The summed E-state index contributed by atoms with van der Waals surface area (Å²) < 4.78 is 12.1. The summed E-state index contributed by atoms with van der Waals surface area (Å²) in [6.07, 6.45) is 31.0. The van der Waals surface area contributed by atoms with Crippen LogP contribution in [0.25, 0.3) is 67.3 Å². The first-order valence-corrected chi connectivity index (χ1v) is 20.3. The molecule has 12 rings (SSSR count). The second kappa shape index (κ2) is 11.8. The van der Waals surface area contributed by atoms with Gasteiger partial charge in [0, 0.05) is 49.6 Å². The maximum absolute atomic E-state index is 6.82. The zero-order chi connectivity index (χ0) is 35.3. The summed E-state index contributed by atoms with van der Waals surface area (Å²) in [5.74, 6) is 1.42. The van der Waals surface area contributed by atoms with Crippen molar-refractivity contribution in [3.8, 4) is 16.9 Å². The minimum atomic E-state index is -0.0922. The number of ether oxygens (including phenoxy) is 1. The van der Waals surface area contributed by atoms with Crippen LogP contribution in [-0.2, 0) is 0 Å². The smallest absolute Gasteiger partial charge is 0.149 e. The molecule has 0 fully saturated rings. The molecule has 0 saturated carbocycles. The first-order valence-electron chi connectivity index (χ1n) is 19.5.